The average molecular weight is 592 g/mol. The van der Waals surface area contributed by atoms with E-state index in [9.17, 15) is 18.0 Å². The van der Waals surface area contributed by atoms with Crippen molar-refractivity contribution in [3.05, 3.63) is 78.4 Å². The van der Waals surface area contributed by atoms with Crippen LogP contribution in [-0.4, -0.2) is 93.3 Å². The Morgan fingerprint density at radius 3 is 2.17 bits per heavy atom. The van der Waals surface area contributed by atoms with Crippen LogP contribution in [0.1, 0.15) is 37.8 Å². The van der Waals surface area contributed by atoms with Crippen LogP contribution in [0.3, 0.4) is 0 Å². The first-order valence-corrected chi connectivity index (χ1v) is 16.2. The predicted octanol–water partition coefficient (Wildman–Crippen LogP) is 2.99. The van der Waals surface area contributed by atoms with Gasteiger partial charge < -0.3 is 15.1 Å². The number of likely N-dealkylation sites (tertiary alicyclic amines) is 1. The van der Waals surface area contributed by atoms with Crippen LogP contribution in [0.25, 0.3) is 10.8 Å². The van der Waals surface area contributed by atoms with E-state index in [0.717, 1.165) is 55.4 Å². The maximum atomic E-state index is 13.7. The van der Waals surface area contributed by atoms with E-state index in [-0.39, 0.29) is 28.7 Å². The van der Waals surface area contributed by atoms with E-state index in [1.807, 2.05) is 59.5 Å². The van der Waals surface area contributed by atoms with E-state index in [2.05, 4.69) is 26.9 Å². The molecule has 0 aromatic heterocycles. The van der Waals surface area contributed by atoms with Crippen molar-refractivity contribution in [2.24, 2.45) is 0 Å². The van der Waals surface area contributed by atoms with Crippen LogP contribution in [0.5, 0.6) is 0 Å². The first kappa shape index (κ1) is 30.2. The molecule has 2 aliphatic rings. The molecule has 2 saturated heterocycles. The molecule has 2 fully saturated rings. The molecular weight excluding hydrogens is 550 g/mol. The first-order chi connectivity index (χ1) is 20.1. The van der Waals surface area contributed by atoms with Crippen LogP contribution < -0.4 is 10.0 Å². The first-order valence-electron chi connectivity index (χ1n) is 14.7. The second-order valence-electron chi connectivity index (χ2n) is 11.6. The summed E-state index contributed by atoms with van der Waals surface area (Å²) < 4.78 is 29.9. The van der Waals surface area contributed by atoms with E-state index in [1.165, 1.54) is 0 Å². The minimum absolute atomic E-state index is 0.0179. The molecule has 2 amide bonds. The van der Waals surface area contributed by atoms with Crippen LogP contribution in [0.15, 0.2) is 77.7 Å². The Kier molecular flexibility index (Phi) is 9.27. The number of piperazine rings is 1. The van der Waals surface area contributed by atoms with Gasteiger partial charge in [-0.1, -0.05) is 60.7 Å². The molecule has 1 atom stereocenters. The Bertz CT molecular complexity index is 1500. The van der Waals surface area contributed by atoms with Crippen molar-refractivity contribution in [2.45, 2.75) is 42.7 Å². The van der Waals surface area contributed by atoms with Gasteiger partial charge in [0.25, 0.3) is 0 Å². The number of sulfonamides is 1. The van der Waals surface area contributed by atoms with Crippen molar-refractivity contribution >= 4 is 32.6 Å². The van der Waals surface area contributed by atoms with Crippen LogP contribution in [0.4, 0.5) is 0 Å². The second kappa shape index (κ2) is 12.9. The number of carbonyl (C=O) groups excluding carboxylic acids is 2. The Labute approximate surface area is 248 Å². The van der Waals surface area contributed by atoms with Gasteiger partial charge in [0.05, 0.1) is 10.9 Å². The molecule has 2 aliphatic heterocycles. The molecule has 0 aliphatic carbocycles. The fraction of sp³-hybridized carbons (Fsp3) is 0.438. The van der Waals surface area contributed by atoms with Gasteiger partial charge in [0.15, 0.2) is 0 Å². The number of carbonyl (C=O) groups is 2. The van der Waals surface area contributed by atoms with Crippen molar-refractivity contribution in [2.75, 3.05) is 52.9 Å². The molecule has 5 rings (SSSR count). The number of benzene rings is 3. The molecule has 9 nitrogen and oxygen atoms in total. The fourth-order valence-corrected chi connectivity index (χ4v) is 7.41. The highest BCUT2D eigenvalue weighted by atomic mass is 32.2. The van der Waals surface area contributed by atoms with E-state index in [1.54, 1.807) is 25.1 Å². The number of hydrogen-bond acceptors (Lipinski definition) is 6. The lowest BCUT2D eigenvalue weighted by molar-refractivity contribution is -0.135. The molecule has 3 aromatic carbocycles. The Morgan fingerprint density at radius 2 is 1.50 bits per heavy atom. The van der Waals surface area contributed by atoms with Crippen LogP contribution >= 0.6 is 0 Å². The number of rotatable bonds is 9. The summed E-state index contributed by atoms with van der Waals surface area (Å²) in [6, 6.07) is 21.3. The van der Waals surface area contributed by atoms with Crippen molar-refractivity contribution < 1.29 is 18.0 Å². The van der Waals surface area contributed by atoms with Gasteiger partial charge >= 0.3 is 0 Å². The van der Waals surface area contributed by atoms with E-state index >= 15 is 0 Å². The summed E-state index contributed by atoms with van der Waals surface area (Å²) in [6.45, 7) is 7.02. The van der Waals surface area contributed by atoms with Crippen LogP contribution in [0, 0.1) is 0 Å². The van der Waals surface area contributed by atoms with Crippen LogP contribution in [0.2, 0.25) is 0 Å². The molecule has 0 bridgehead atoms. The zero-order valence-corrected chi connectivity index (χ0v) is 25.3. The molecular formula is C32H41N5O4S. The summed E-state index contributed by atoms with van der Waals surface area (Å²) in [7, 11) is -1.78. The van der Waals surface area contributed by atoms with Gasteiger partial charge in [-0.2, -0.15) is 0 Å². The van der Waals surface area contributed by atoms with Crippen molar-refractivity contribution in [3.63, 3.8) is 0 Å². The normalized spacial score (nSPS) is 19.0. The van der Waals surface area contributed by atoms with Crippen molar-refractivity contribution in [1.82, 2.24) is 24.7 Å². The highest BCUT2D eigenvalue weighted by Gasteiger charge is 2.42. The summed E-state index contributed by atoms with van der Waals surface area (Å²) in [5.74, 6) is -0.136. The smallest absolute Gasteiger partial charge is 0.241 e. The SMILES string of the molecule is CC(=O)NCC1(N2CCN(C)CC2)CCN(C(=O)CC(NS(=O)(=O)c2ccc3ccccc3c2)c2ccccc2)CC1. The van der Waals surface area contributed by atoms with Crippen LogP contribution in [-0.2, 0) is 19.6 Å². The molecule has 0 saturated carbocycles. The zero-order valence-electron chi connectivity index (χ0n) is 24.5. The van der Waals surface area contributed by atoms with Crippen molar-refractivity contribution in [1.29, 1.82) is 0 Å². The molecule has 0 spiro atoms. The summed E-state index contributed by atoms with van der Waals surface area (Å²) in [5, 5.41) is 4.84. The number of fused-ring (bicyclic) bond motifs is 1. The summed E-state index contributed by atoms with van der Waals surface area (Å²) in [6.07, 6.45) is 1.52. The largest absolute Gasteiger partial charge is 0.354 e. The molecule has 3 aromatic rings. The number of likely N-dealkylation sites (N-methyl/N-ethyl adjacent to an activating group) is 1. The summed E-state index contributed by atoms with van der Waals surface area (Å²) in [4.78, 5) is 32.3. The van der Waals surface area contributed by atoms with Gasteiger partial charge in [0.1, 0.15) is 0 Å². The Morgan fingerprint density at radius 1 is 0.857 bits per heavy atom. The predicted molar refractivity (Wildman–Crippen MR) is 164 cm³/mol. The van der Waals surface area contributed by atoms with E-state index in [4.69, 9.17) is 0 Å². The second-order valence-corrected chi connectivity index (χ2v) is 13.3. The molecule has 42 heavy (non-hydrogen) atoms. The van der Waals surface area contributed by atoms with Gasteiger partial charge in [0.2, 0.25) is 21.8 Å². The number of piperidine rings is 1. The average Bonchev–Trinajstić information content (AvgIpc) is 3.00. The third kappa shape index (κ3) is 7.00. The number of hydrogen-bond donors (Lipinski definition) is 2. The molecule has 224 valence electrons. The highest BCUT2D eigenvalue weighted by Crippen LogP contribution is 2.31. The Balaban J connectivity index is 1.30. The minimum atomic E-state index is -3.90. The maximum absolute atomic E-state index is 13.7. The lowest BCUT2D eigenvalue weighted by Gasteiger charge is -2.51. The fourth-order valence-electron chi connectivity index (χ4n) is 6.15. The number of nitrogens with zero attached hydrogens (tertiary/aromatic N) is 3. The number of amides is 2. The van der Waals surface area contributed by atoms with Gasteiger partial charge in [-0.15, -0.1) is 0 Å². The van der Waals surface area contributed by atoms with E-state index < -0.39 is 16.1 Å². The minimum Gasteiger partial charge on any atom is -0.354 e. The van der Waals surface area contributed by atoms with Gasteiger partial charge in [-0.25, -0.2) is 13.1 Å². The van der Waals surface area contributed by atoms with Gasteiger partial charge in [0, 0.05) is 64.7 Å². The van der Waals surface area contributed by atoms with Gasteiger partial charge in [-0.05, 0) is 48.4 Å². The number of nitrogens with one attached hydrogen (secondary N) is 2. The highest BCUT2D eigenvalue weighted by molar-refractivity contribution is 7.89. The maximum Gasteiger partial charge on any atom is 0.241 e. The molecule has 0 radical (unpaired) electrons. The zero-order chi connectivity index (χ0) is 29.7. The molecule has 2 heterocycles. The monoisotopic (exact) mass is 591 g/mol. The summed E-state index contributed by atoms with van der Waals surface area (Å²) >= 11 is 0. The lowest BCUT2D eigenvalue weighted by Crippen LogP contribution is -2.64. The third-order valence-electron chi connectivity index (χ3n) is 8.80. The topological polar surface area (TPSA) is 102 Å². The van der Waals surface area contributed by atoms with Gasteiger partial charge in [-0.3, -0.25) is 14.5 Å². The molecule has 1 unspecified atom stereocenters. The Hall–Kier alpha value is -3.31. The lowest BCUT2D eigenvalue weighted by atomic mass is 9.84. The van der Waals surface area contributed by atoms with Crippen molar-refractivity contribution in [3.8, 4) is 0 Å². The molecule has 10 heteroatoms. The quantitative estimate of drug-likeness (QED) is 0.397. The van der Waals surface area contributed by atoms with E-state index in [0.29, 0.717) is 19.6 Å². The summed E-state index contributed by atoms with van der Waals surface area (Å²) in [5.41, 5.74) is 0.546. The molecule has 2 N–H and O–H groups in total. The standard InChI is InChI=1S/C32H41N5O4S/c1-25(38)33-24-32(37-20-18-35(2)19-21-37)14-16-36(17-15-32)31(39)23-30(27-9-4-3-5-10-27)34-42(40,41)29-13-12-26-8-6-7-11-28(26)22-29/h3-13,22,30,34H,14-21,23-24H2,1-2H3,(H,33,38). The third-order valence-corrected chi connectivity index (χ3v) is 10.3.